The van der Waals surface area contributed by atoms with Crippen LogP contribution in [0.3, 0.4) is 0 Å². The van der Waals surface area contributed by atoms with Gasteiger partial charge in [0.05, 0.1) is 11.2 Å². The second-order valence-electron chi connectivity index (χ2n) is 5.96. The van der Waals surface area contributed by atoms with E-state index in [-0.39, 0.29) is 18.3 Å². The number of halogens is 1. The summed E-state index contributed by atoms with van der Waals surface area (Å²) >= 11 is 6.06. The highest BCUT2D eigenvalue weighted by molar-refractivity contribution is 6.62. The van der Waals surface area contributed by atoms with Gasteiger partial charge in [-0.3, -0.25) is 0 Å². The van der Waals surface area contributed by atoms with Crippen LogP contribution in [-0.2, 0) is 15.9 Å². The van der Waals surface area contributed by atoms with Gasteiger partial charge in [-0.15, -0.1) is 0 Å². The molecular weight excluding hydrogens is 260 g/mol. The predicted molar refractivity (Wildman–Crippen MR) is 79.9 cm³/mol. The highest BCUT2D eigenvalue weighted by Gasteiger charge is 2.52. The Labute approximate surface area is 120 Å². The number of benzene rings is 1. The topological polar surface area (TPSA) is 30.5 Å². The molecule has 1 aliphatic rings. The Balaban J connectivity index is 2.34. The third-order valence-corrected chi connectivity index (χ3v) is 4.21. The molecule has 1 aromatic rings. The first kappa shape index (κ1) is 14.9. The van der Waals surface area contributed by atoms with Crippen LogP contribution >= 0.6 is 11.6 Å². The van der Waals surface area contributed by atoms with Gasteiger partial charge in [-0.25, -0.2) is 0 Å². The molecule has 0 aliphatic carbocycles. The van der Waals surface area contributed by atoms with E-state index in [1.165, 1.54) is 0 Å². The minimum absolute atomic E-state index is 0.325. The maximum absolute atomic E-state index is 6.08. The first-order valence-electron chi connectivity index (χ1n) is 6.55. The number of nitrogens with one attached hydrogen (secondary N) is 1. The number of rotatable bonds is 3. The predicted octanol–water partition coefficient (Wildman–Crippen LogP) is 2.36. The van der Waals surface area contributed by atoms with Crippen molar-refractivity contribution in [1.29, 1.82) is 0 Å². The van der Waals surface area contributed by atoms with E-state index in [1.54, 1.807) is 0 Å². The molecule has 0 bridgehead atoms. The lowest BCUT2D eigenvalue weighted by Gasteiger charge is -2.32. The van der Waals surface area contributed by atoms with Crippen molar-refractivity contribution in [2.45, 2.75) is 45.4 Å². The molecule has 3 nitrogen and oxygen atoms in total. The summed E-state index contributed by atoms with van der Waals surface area (Å²) < 4.78 is 12.2. The summed E-state index contributed by atoms with van der Waals surface area (Å²) in [6.07, 6.45) is 0. The van der Waals surface area contributed by atoms with Crippen molar-refractivity contribution >= 4 is 24.2 Å². The largest absolute Gasteiger partial charge is 0.495 e. The van der Waals surface area contributed by atoms with E-state index in [1.807, 2.05) is 25.2 Å². The van der Waals surface area contributed by atoms with Gasteiger partial charge < -0.3 is 14.6 Å². The highest BCUT2D eigenvalue weighted by Crippen LogP contribution is 2.36. The van der Waals surface area contributed by atoms with E-state index < -0.39 is 0 Å². The van der Waals surface area contributed by atoms with Gasteiger partial charge in [0.1, 0.15) is 0 Å². The fourth-order valence-corrected chi connectivity index (χ4v) is 2.31. The van der Waals surface area contributed by atoms with E-state index in [2.05, 4.69) is 33.0 Å². The van der Waals surface area contributed by atoms with Gasteiger partial charge >= 0.3 is 7.12 Å². The summed E-state index contributed by atoms with van der Waals surface area (Å²) in [5, 5.41) is 3.87. The number of hydrogen-bond donors (Lipinski definition) is 1. The monoisotopic (exact) mass is 281 g/mol. The lowest BCUT2D eigenvalue weighted by Crippen LogP contribution is -2.41. The summed E-state index contributed by atoms with van der Waals surface area (Å²) in [6.45, 7) is 8.96. The van der Waals surface area contributed by atoms with Gasteiger partial charge in [-0.2, -0.15) is 0 Å². The molecule has 0 unspecified atom stereocenters. The lowest BCUT2D eigenvalue weighted by molar-refractivity contribution is 0.00578. The van der Waals surface area contributed by atoms with E-state index in [0.29, 0.717) is 0 Å². The Morgan fingerprint density at radius 3 is 2.26 bits per heavy atom. The Kier molecular flexibility index (Phi) is 3.98. The minimum atomic E-state index is -0.342. The Hall–Kier alpha value is -0.545. The van der Waals surface area contributed by atoms with E-state index in [9.17, 15) is 0 Å². The minimum Gasteiger partial charge on any atom is -0.399 e. The molecule has 1 heterocycles. The van der Waals surface area contributed by atoms with Crippen LogP contribution in [0, 0.1) is 0 Å². The van der Waals surface area contributed by atoms with E-state index >= 15 is 0 Å². The van der Waals surface area contributed by atoms with Crippen molar-refractivity contribution in [2.24, 2.45) is 0 Å². The van der Waals surface area contributed by atoms with Gasteiger partial charge in [0, 0.05) is 11.6 Å². The van der Waals surface area contributed by atoms with Crippen LogP contribution in [0.15, 0.2) is 18.2 Å². The van der Waals surface area contributed by atoms with Gasteiger partial charge in [-0.05, 0) is 57.9 Å². The average Bonchev–Trinajstić information content (AvgIpc) is 2.48. The standard InChI is InChI=1S/C14H21BClNO2/c1-13(2)14(3,4)19-15(18-13)12-7-6-11(16)8-10(12)9-17-5/h6-8,17H,9H2,1-5H3. The molecule has 5 heteroatoms. The lowest BCUT2D eigenvalue weighted by atomic mass is 9.76. The first-order valence-corrected chi connectivity index (χ1v) is 6.93. The zero-order valence-corrected chi connectivity index (χ0v) is 13.0. The summed E-state index contributed by atoms with van der Waals surface area (Å²) in [5.74, 6) is 0. The first-order chi connectivity index (χ1) is 8.77. The van der Waals surface area contributed by atoms with Crippen LogP contribution in [0.2, 0.25) is 5.02 Å². The van der Waals surface area contributed by atoms with Crippen LogP contribution in [0.1, 0.15) is 33.3 Å². The maximum Gasteiger partial charge on any atom is 0.495 e. The van der Waals surface area contributed by atoms with E-state index in [4.69, 9.17) is 20.9 Å². The van der Waals surface area contributed by atoms with Gasteiger partial charge in [0.2, 0.25) is 0 Å². The van der Waals surface area contributed by atoms with Crippen molar-refractivity contribution in [3.05, 3.63) is 28.8 Å². The molecule has 104 valence electrons. The summed E-state index contributed by atoms with van der Waals surface area (Å²) in [6, 6.07) is 5.82. The second kappa shape index (κ2) is 5.10. The SMILES string of the molecule is CNCc1cc(Cl)ccc1B1OC(C)(C)C(C)(C)O1. The fraction of sp³-hybridized carbons (Fsp3) is 0.571. The van der Waals surface area contributed by atoms with Gasteiger partial charge in [0.15, 0.2) is 0 Å². The summed E-state index contributed by atoms with van der Waals surface area (Å²) in [4.78, 5) is 0. The second-order valence-corrected chi connectivity index (χ2v) is 6.40. The Morgan fingerprint density at radius 1 is 1.16 bits per heavy atom. The zero-order chi connectivity index (χ0) is 14.3. The third-order valence-electron chi connectivity index (χ3n) is 3.98. The Bertz CT molecular complexity index is 461. The van der Waals surface area contributed by atoms with Crippen LogP contribution in [0.4, 0.5) is 0 Å². The molecule has 1 fully saturated rings. The molecule has 0 amide bonds. The molecule has 0 aromatic heterocycles. The molecule has 1 N–H and O–H groups in total. The van der Waals surface area contributed by atoms with Crippen LogP contribution < -0.4 is 10.8 Å². The van der Waals surface area contributed by atoms with Crippen molar-refractivity contribution in [3.8, 4) is 0 Å². The normalized spacial score (nSPS) is 20.8. The molecule has 19 heavy (non-hydrogen) atoms. The van der Waals surface area contributed by atoms with Gasteiger partial charge in [-0.1, -0.05) is 17.7 Å². The average molecular weight is 282 g/mol. The number of hydrogen-bond acceptors (Lipinski definition) is 3. The van der Waals surface area contributed by atoms with Gasteiger partial charge in [0.25, 0.3) is 0 Å². The highest BCUT2D eigenvalue weighted by atomic mass is 35.5. The third kappa shape index (κ3) is 2.82. The molecule has 0 radical (unpaired) electrons. The van der Waals surface area contributed by atoms with Crippen LogP contribution in [0.25, 0.3) is 0 Å². The zero-order valence-electron chi connectivity index (χ0n) is 12.2. The molecule has 2 rings (SSSR count). The molecule has 1 aromatic carbocycles. The van der Waals surface area contributed by atoms with Crippen molar-refractivity contribution in [1.82, 2.24) is 5.32 Å². The summed E-state index contributed by atoms with van der Waals surface area (Å²) in [7, 11) is 1.57. The smallest absolute Gasteiger partial charge is 0.399 e. The Morgan fingerprint density at radius 2 is 1.74 bits per heavy atom. The molecule has 0 saturated carbocycles. The van der Waals surface area contributed by atoms with Crippen LogP contribution in [-0.4, -0.2) is 25.4 Å². The van der Waals surface area contributed by atoms with Crippen molar-refractivity contribution in [3.63, 3.8) is 0 Å². The molecule has 0 atom stereocenters. The molecule has 1 saturated heterocycles. The van der Waals surface area contributed by atoms with Crippen LogP contribution in [0.5, 0.6) is 0 Å². The van der Waals surface area contributed by atoms with Crippen molar-refractivity contribution < 1.29 is 9.31 Å². The maximum atomic E-state index is 6.08. The summed E-state index contributed by atoms with van der Waals surface area (Å²) in [5.41, 5.74) is 1.49. The van der Waals surface area contributed by atoms with E-state index in [0.717, 1.165) is 22.6 Å². The molecule has 1 aliphatic heterocycles. The molecule has 0 spiro atoms. The fourth-order valence-electron chi connectivity index (χ4n) is 2.12. The molecular formula is C14H21BClNO2. The quantitative estimate of drug-likeness (QED) is 0.863. The van der Waals surface area contributed by atoms with Crippen molar-refractivity contribution in [2.75, 3.05) is 7.05 Å².